The summed E-state index contributed by atoms with van der Waals surface area (Å²) in [6.45, 7) is 0. The Labute approximate surface area is 167 Å². The molecule has 5 nitrogen and oxygen atoms in total. The predicted molar refractivity (Wildman–Crippen MR) is 107 cm³/mol. The molecule has 2 N–H and O–H groups in total. The first-order chi connectivity index (χ1) is 13.6. The largest absolute Gasteiger partial charge is 0.454 e. The molecule has 0 spiro atoms. The summed E-state index contributed by atoms with van der Waals surface area (Å²) in [4.78, 5) is 24.8. The number of cyclic esters (lactones) is 1. The lowest BCUT2D eigenvalue weighted by Crippen LogP contribution is -2.30. The van der Waals surface area contributed by atoms with E-state index in [-0.39, 0.29) is 18.0 Å². The first-order valence-corrected chi connectivity index (χ1v) is 9.19. The van der Waals surface area contributed by atoms with Crippen LogP contribution in [0.5, 0.6) is 0 Å². The Kier molecular flexibility index (Phi) is 5.00. The molecule has 140 valence electrons. The monoisotopic (exact) mass is 392 g/mol. The zero-order chi connectivity index (χ0) is 19.5. The maximum Gasteiger partial charge on any atom is 0.339 e. The van der Waals surface area contributed by atoms with Crippen molar-refractivity contribution in [1.82, 2.24) is 5.43 Å². The second-order valence-electron chi connectivity index (χ2n) is 6.47. The number of halogens is 1. The SMILES string of the molecule is O=C(NNc1cccc(Cl)c1)c1ccc2c(c1)CC(c1ccccc1)OC2=O. The van der Waals surface area contributed by atoms with Crippen LogP contribution >= 0.6 is 11.6 Å². The number of esters is 1. The van der Waals surface area contributed by atoms with Gasteiger partial charge >= 0.3 is 5.97 Å². The minimum Gasteiger partial charge on any atom is -0.454 e. The smallest absolute Gasteiger partial charge is 0.339 e. The Bertz CT molecular complexity index is 1040. The molecule has 0 aromatic heterocycles. The molecule has 1 aliphatic heterocycles. The number of carbonyl (C=O) groups is 2. The zero-order valence-electron chi connectivity index (χ0n) is 14.8. The Morgan fingerprint density at radius 2 is 1.82 bits per heavy atom. The highest BCUT2D eigenvalue weighted by molar-refractivity contribution is 6.30. The molecule has 3 aromatic rings. The van der Waals surface area contributed by atoms with E-state index in [1.165, 1.54) is 0 Å². The molecule has 0 bridgehead atoms. The van der Waals surface area contributed by atoms with Gasteiger partial charge in [-0.3, -0.25) is 15.6 Å². The number of hydrogen-bond donors (Lipinski definition) is 2. The number of ether oxygens (including phenoxy) is 1. The molecular weight excluding hydrogens is 376 g/mol. The molecule has 0 saturated carbocycles. The van der Waals surface area contributed by atoms with Gasteiger partial charge in [0.25, 0.3) is 5.91 Å². The van der Waals surface area contributed by atoms with Crippen LogP contribution in [0, 0.1) is 0 Å². The second-order valence-corrected chi connectivity index (χ2v) is 6.91. The minimum atomic E-state index is -0.376. The van der Waals surface area contributed by atoms with Crippen LogP contribution in [0.1, 0.15) is 37.9 Å². The van der Waals surface area contributed by atoms with E-state index in [1.54, 1.807) is 42.5 Å². The Morgan fingerprint density at radius 3 is 2.61 bits per heavy atom. The van der Waals surface area contributed by atoms with Crippen molar-refractivity contribution >= 4 is 29.2 Å². The number of anilines is 1. The van der Waals surface area contributed by atoms with E-state index < -0.39 is 0 Å². The Balaban J connectivity index is 1.51. The van der Waals surface area contributed by atoms with Gasteiger partial charge in [-0.2, -0.15) is 0 Å². The van der Waals surface area contributed by atoms with E-state index >= 15 is 0 Å². The van der Waals surface area contributed by atoms with Crippen molar-refractivity contribution in [1.29, 1.82) is 0 Å². The molecule has 6 heteroatoms. The van der Waals surface area contributed by atoms with Gasteiger partial charge in [-0.1, -0.05) is 48.0 Å². The summed E-state index contributed by atoms with van der Waals surface area (Å²) in [6, 6.07) is 21.6. The number of benzene rings is 3. The van der Waals surface area contributed by atoms with Crippen LogP contribution in [-0.2, 0) is 11.2 Å². The van der Waals surface area contributed by atoms with Gasteiger partial charge in [0.15, 0.2) is 0 Å². The van der Waals surface area contributed by atoms with Gasteiger partial charge < -0.3 is 4.74 Å². The van der Waals surface area contributed by atoms with Crippen molar-refractivity contribution < 1.29 is 14.3 Å². The van der Waals surface area contributed by atoms with Crippen molar-refractivity contribution in [3.8, 4) is 0 Å². The van der Waals surface area contributed by atoms with Crippen LogP contribution < -0.4 is 10.9 Å². The number of nitrogens with one attached hydrogen (secondary N) is 2. The van der Waals surface area contributed by atoms with Gasteiger partial charge in [-0.05, 0) is 47.5 Å². The molecule has 3 aromatic carbocycles. The molecular formula is C22H17ClN2O3. The van der Waals surface area contributed by atoms with E-state index in [2.05, 4.69) is 10.9 Å². The minimum absolute atomic E-state index is 0.307. The lowest BCUT2D eigenvalue weighted by atomic mass is 9.93. The molecule has 28 heavy (non-hydrogen) atoms. The number of hydrogen-bond acceptors (Lipinski definition) is 4. The highest BCUT2D eigenvalue weighted by atomic mass is 35.5. The van der Waals surface area contributed by atoms with Crippen molar-refractivity contribution in [3.05, 3.63) is 100 Å². The van der Waals surface area contributed by atoms with Gasteiger partial charge in [0.2, 0.25) is 0 Å². The van der Waals surface area contributed by atoms with Crippen LogP contribution in [0.3, 0.4) is 0 Å². The van der Waals surface area contributed by atoms with Gasteiger partial charge in [0.05, 0.1) is 11.3 Å². The molecule has 1 unspecified atom stereocenters. The molecule has 0 saturated heterocycles. The summed E-state index contributed by atoms with van der Waals surface area (Å²) in [6.07, 6.45) is 0.164. The normalized spacial score (nSPS) is 15.3. The fraction of sp³-hybridized carbons (Fsp3) is 0.0909. The molecule has 1 atom stereocenters. The number of rotatable bonds is 4. The van der Waals surface area contributed by atoms with Crippen LogP contribution in [0.15, 0.2) is 72.8 Å². The quantitative estimate of drug-likeness (QED) is 0.505. The van der Waals surface area contributed by atoms with Gasteiger partial charge in [0.1, 0.15) is 6.10 Å². The van der Waals surface area contributed by atoms with E-state index in [0.29, 0.717) is 28.3 Å². The average molecular weight is 393 g/mol. The first-order valence-electron chi connectivity index (χ1n) is 8.81. The number of carbonyl (C=O) groups excluding carboxylic acids is 2. The van der Waals surface area contributed by atoms with E-state index in [4.69, 9.17) is 16.3 Å². The molecule has 4 rings (SSSR count). The third kappa shape index (κ3) is 3.85. The Hall–Kier alpha value is -3.31. The highest BCUT2D eigenvalue weighted by Crippen LogP contribution is 2.31. The number of hydrazine groups is 1. The summed E-state index contributed by atoms with van der Waals surface area (Å²) >= 11 is 5.94. The average Bonchev–Trinajstić information content (AvgIpc) is 2.72. The van der Waals surface area contributed by atoms with Gasteiger partial charge in [0, 0.05) is 17.0 Å². The van der Waals surface area contributed by atoms with Crippen LogP contribution in [0.2, 0.25) is 5.02 Å². The maximum atomic E-state index is 12.5. The summed E-state index contributed by atoms with van der Waals surface area (Å²) in [7, 11) is 0. The van der Waals surface area contributed by atoms with Gasteiger partial charge in [-0.25, -0.2) is 4.79 Å². The van der Waals surface area contributed by atoms with Crippen molar-refractivity contribution in [3.63, 3.8) is 0 Å². The van der Waals surface area contributed by atoms with Gasteiger partial charge in [-0.15, -0.1) is 0 Å². The summed E-state index contributed by atoms with van der Waals surface area (Å²) in [5.41, 5.74) is 8.81. The molecule has 1 amide bonds. The molecule has 0 radical (unpaired) electrons. The zero-order valence-corrected chi connectivity index (χ0v) is 15.6. The molecule has 0 fully saturated rings. The molecule has 1 aliphatic rings. The van der Waals surface area contributed by atoms with Crippen LogP contribution in [0.4, 0.5) is 5.69 Å². The maximum absolute atomic E-state index is 12.5. The fourth-order valence-electron chi connectivity index (χ4n) is 3.16. The summed E-state index contributed by atoms with van der Waals surface area (Å²) < 4.78 is 5.55. The number of fused-ring (bicyclic) bond motifs is 1. The van der Waals surface area contributed by atoms with Crippen molar-refractivity contribution in [2.75, 3.05) is 5.43 Å². The van der Waals surface area contributed by atoms with E-state index in [1.807, 2.05) is 30.3 Å². The second kappa shape index (κ2) is 7.74. The fourth-order valence-corrected chi connectivity index (χ4v) is 3.35. The topological polar surface area (TPSA) is 67.4 Å². The number of amides is 1. The Morgan fingerprint density at radius 1 is 1.00 bits per heavy atom. The van der Waals surface area contributed by atoms with E-state index in [9.17, 15) is 9.59 Å². The van der Waals surface area contributed by atoms with Crippen molar-refractivity contribution in [2.45, 2.75) is 12.5 Å². The van der Waals surface area contributed by atoms with Crippen LogP contribution in [0.25, 0.3) is 0 Å². The highest BCUT2D eigenvalue weighted by Gasteiger charge is 2.28. The lowest BCUT2D eigenvalue weighted by molar-refractivity contribution is 0.0252. The lowest BCUT2D eigenvalue weighted by Gasteiger charge is -2.25. The molecule has 0 aliphatic carbocycles. The standard InChI is InChI=1S/C22H17ClN2O3/c23-17-7-4-8-18(13-17)24-25-21(26)15-9-10-19-16(11-15)12-20(28-22(19)27)14-5-2-1-3-6-14/h1-11,13,20,24H,12H2,(H,25,26). The predicted octanol–water partition coefficient (Wildman–Crippen LogP) is 4.55. The molecule has 1 heterocycles. The van der Waals surface area contributed by atoms with E-state index in [0.717, 1.165) is 11.1 Å². The first kappa shape index (κ1) is 18.1. The summed E-state index contributed by atoms with van der Waals surface area (Å²) in [5, 5.41) is 0.568. The third-order valence-corrected chi connectivity index (χ3v) is 4.79. The van der Waals surface area contributed by atoms with Crippen LogP contribution in [-0.4, -0.2) is 11.9 Å². The third-order valence-electron chi connectivity index (χ3n) is 4.56. The summed E-state index contributed by atoms with van der Waals surface area (Å²) in [5.74, 6) is -0.683. The van der Waals surface area contributed by atoms with Crippen molar-refractivity contribution in [2.24, 2.45) is 0 Å².